The fourth-order valence-corrected chi connectivity index (χ4v) is 3.14. The lowest BCUT2D eigenvalue weighted by atomic mass is 10.1. The van der Waals surface area contributed by atoms with Crippen LogP contribution in [0.3, 0.4) is 0 Å². The number of hydrogen-bond acceptors (Lipinski definition) is 4. The number of benzene rings is 1. The Kier molecular flexibility index (Phi) is 4.26. The second kappa shape index (κ2) is 6.20. The molecule has 0 N–H and O–H groups in total. The maximum Gasteiger partial charge on any atom is 0.268 e. The van der Waals surface area contributed by atoms with Gasteiger partial charge in [0.15, 0.2) is 6.10 Å². The molecule has 3 rings (SSSR count). The average Bonchev–Trinajstić information content (AvgIpc) is 2.50. The minimum atomic E-state index is -0.583. The molecular formula is C17H22N2O4. The van der Waals surface area contributed by atoms with Gasteiger partial charge in [-0.3, -0.25) is 14.5 Å². The van der Waals surface area contributed by atoms with Crippen LogP contribution >= 0.6 is 0 Å². The highest BCUT2D eigenvalue weighted by Gasteiger charge is 2.34. The third kappa shape index (κ3) is 3.17. The summed E-state index contributed by atoms with van der Waals surface area (Å²) in [6.45, 7) is 6.75. The van der Waals surface area contributed by atoms with Gasteiger partial charge in [-0.25, -0.2) is 0 Å². The minimum Gasteiger partial charge on any atom is -0.479 e. The van der Waals surface area contributed by atoms with E-state index in [1.54, 1.807) is 17.9 Å². The molecule has 6 heteroatoms. The number of anilines is 1. The molecule has 0 bridgehead atoms. The van der Waals surface area contributed by atoms with Crippen molar-refractivity contribution in [2.75, 3.05) is 24.5 Å². The third-order valence-corrected chi connectivity index (χ3v) is 4.14. The fourth-order valence-electron chi connectivity index (χ4n) is 3.14. The number of rotatable bonds is 2. The van der Waals surface area contributed by atoms with Crippen molar-refractivity contribution in [2.24, 2.45) is 0 Å². The first-order chi connectivity index (χ1) is 11.0. The molecule has 2 heterocycles. The zero-order valence-corrected chi connectivity index (χ0v) is 13.7. The van der Waals surface area contributed by atoms with Crippen LogP contribution in [-0.4, -0.2) is 54.7 Å². The van der Waals surface area contributed by atoms with Crippen molar-refractivity contribution >= 4 is 17.5 Å². The van der Waals surface area contributed by atoms with Crippen LogP contribution in [0.25, 0.3) is 0 Å². The van der Waals surface area contributed by atoms with Gasteiger partial charge in [0, 0.05) is 13.1 Å². The lowest BCUT2D eigenvalue weighted by Crippen LogP contribution is -2.54. The smallest absolute Gasteiger partial charge is 0.268 e. The van der Waals surface area contributed by atoms with Crippen molar-refractivity contribution in [3.63, 3.8) is 0 Å². The number of morpholine rings is 1. The van der Waals surface area contributed by atoms with Crippen molar-refractivity contribution in [3.05, 3.63) is 24.3 Å². The Balaban J connectivity index is 1.78. The highest BCUT2D eigenvalue weighted by molar-refractivity contribution is 6.03. The van der Waals surface area contributed by atoms with Gasteiger partial charge in [0.1, 0.15) is 12.3 Å². The quantitative estimate of drug-likeness (QED) is 0.828. The number of hydrogen-bond donors (Lipinski definition) is 0. The van der Waals surface area contributed by atoms with Gasteiger partial charge in [-0.2, -0.15) is 0 Å². The van der Waals surface area contributed by atoms with E-state index in [0.29, 0.717) is 24.5 Å². The van der Waals surface area contributed by atoms with E-state index in [2.05, 4.69) is 0 Å². The van der Waals surface area contributed by atoms with Gasteiger partial charge in [-0.05, 0) is 32.9 Å². The monoisotopic (exact) mass is 318 g/mol. The van der Waals surface area contributed by atoms with Crippen molar-refractivity contribution in [1.29, 1.82) is 0 Å². The lowest BCUT2D eigenvalue weighted by molar-refractivity contribution is -0.143. The molecule has 124 valence electrons. The molecule has 2 aliphatic rings. The Bertz CT molecular complexity index is 608. The molecule has 0 aromatic heterocycles. The van der Waals surface area contributed by atoms with Crippen LogP contribution in [0.2, 0.25) is 0 Å². The first-order valence-electron chi connectivity index (χ1n) is 7.96. The Labute approximate surface area is 136 Å². The molecule has 2 amide bonds. The molecule has 1 aromatic carbocycles. The van der Waals surface area contributed by atoms with Crippen LogP contribution < -0.4 is 9.64 Å². The zero-order chi connectivity index (χ0) is 16.6. The van der Waals surface area contributed by atoms with Crippen molar-refractivity contribution in [3.8, 4) is 5.75 Å². The van der Waals surface area contributed by atoms with Gasteiger partial charge < -0.3 is 14.4 Å². The normalized spacial score (nSPS) is 27.4. The van der Waals surface area contributed by atoms with E-state index < -0.39 is 6.10 Å². The van der Waals surface area contributed by atoms with Crippen LogP contribution in [0.1, 0.15) is 20.8 Å². The molecule has 0 saturated carbocycles. The van der Waals surface area contributed by atoms with Crippen LogP contribution in [-0.2, 0) is 14.3 Å². The molecule has 1 saturated heterocycles. The van der Waals surface area contributed by atoms with Crippen LogP contribution in [0.15, 0.2) is 24.3 Å². The Hall–Kier alpha value is -2.08. The molecule has 2 aliphatic heterocycles. The van der Waals surface area contributed by atoms with E-state index in [0.717, 1.165) is 0 Å². The SMILES string of the molecule is C[C@@H]1CN(C(=O)CN2C(=O)[C@H](C)Oc3ccccc32)C[C@@H](C)O1. The first kappa shape index (κ1) is 15.8. The number of nitrogens with zero attached hydrogens (tertiary/aromatic N) is 2. The number of para-hydroxylation sites is 2. The predicted octanol–water partition coefficient (Wildman–Crippen LogP) is 1.44. The summed E-state index contributed by atoms with van der Waals surface area (Å²) in [6, 6.07) is 7.31. The molecule has 0 aliphatic carbocycles. The predicted molar refractivity (Wildman–Crippen MR) is 85.5 cm³/mol. The first-order valence-corrected chi connectivity index (χ1v) is 7.96. The molecule has 23 heavy (non-hydrogen) atoms. The number of ether oxygens (including phenoxy) is 2. The Morgan fingerprint density at radius 3 is 2.52 bits per heavy atom. The summed E-state index contributed by atoms with van der Waals surface area (Å²) in [7, 11) is 0. The van der Waals surface area contributed by atoms with Crippen LogP contribution in [0.5, 0.6) is 5.75 Å². The maximum atomic E-state index is 12.7. The summed E-state index contributed by atoms with van der Waals surface area (Å²) in [5, 5.41) is 0. The number of carbonyl (C=O) groups excluding carboxylic acids is 2. The third-order valence-electron chi connectivity index (χ3n) is 4.14. The van der Waals surface area contributed by atoms with Crippen LogP contribution in [0, 0.1) is 0 Å². The molecule has 1 aromatic rings. The molecule has 0 radical (unpaired) electrons. The molecule has 0 spiro atoms. The Morgan fingerprint density at radius 1 is 1.17 bits per heavy atom. The molecular weight excluding hydrogens is 296 g/mol. The largest absolute Gasteiger partial charge is 0.479 e. The summed E-state index contributed by atoms with van der Waals surface area (Å²) < 4.78 is 11.3. The summed E-state index contributed by atoms with van der Waals surface area (Å²) in [6.07, 6.45) is -0.566. The van der Waals surface area contributed by atoms with E-state index >= 15 is 0 Å². The van der Waals surface area contributed by atoms with Crippen LogP contribution in [0.4, 0.5) is 5.69 Å². The highest BCUT2D eigenvalue weighted by atomic mass is 16.5. The van der Waals surface area contributed by atoms with Gasteiger partial charge in [0.25, 0.3) is 5.91 Å². The second-order valence-electron chi connectivity index (χ2n) is 6.21. The molecule has 0 unspecified atom stereocenters. The number of fused-ring (bicyclic) bond motifs is 1. The highest BCUT2D eigenvalue weighted by Crippen LogP contribution is 2.33. The van der Waals surface area contributed by atoms with E-state index in [9.17, 15) is 9.59 Å². The maximum absolute atomic E-state index is 12.7. The fraction of sp³-hybridized carbons (Fsp3) is 0.529. The Morgan fingerprint density at radius 2 is 1.83 bits per heavy atom. The van der Waals surface area contributed by atoms with E-state index in [1.807, 2.05) is 32.0 Å². The van der Waals surface area contributed by atoms with E-state index in [1.165, 1.54) is 4.90 Å². The van der Waals surface area contributed by atoms with Gasteiger partial charge in [0.05, 0.1) is 17.9 Å². The van der Waals surface area contributed by atoms with Gasteiger partial charge in [-0.15, -0.1) is 0 Å². The number of amides is 2. The summed E-state index contributed by atoms with van der Waals surface area (Å²) in [5.74, 6) is 0.381. The second-order valence-corrected chi connectivity index (χ2v) is 6.21. The average molecular weight is 318 g/mol. The standard InChI is InChI=1S/C17H22N2O4/c1-11-8-18(9-12(2)22-11)16(20)10-19-14-6-4-5-7-15(14)23-13(3)17(19)21/h4-7,11-13H,8-10H2,1-3H3/t11-,12-,13+/m1/s1. The topological polar surface area (TPSA) is 59.1 Å². The molecule has 6 nitrogen and oxygen atoms in total. The summed E-state index contributed by atoms with van der Waals surface area (Å²) in [5.41, 5.74) is 0.651. The van der Waals surface area contributed by atoms with Crippen molar-refractivity contribution in [2.45, 2.75) is 39.1 Å². The van der Waals surface area contributed by atoms with E-state index in [-0.39, 0.29) is 30.6 Å². The summed E-state index contributed by atoms with van der Waals surface area (Å²) in [4.78, 5) is 28.4. The van der Waals surface area contributed by atoms with E-state index in [4.69, 9.17) is 9.47 Å². The lowest BCUT2D eigenvalue weighted by Gasteiger charge is -2.38. The molecule has 1 fully saturated rings. The molecule has 3 atom stereocenters. The minimum absolute atomic E-state index is 0.00861. The van der Waals surface area contributed by atoms with Gasteiger partial charge in [0.2, 0.25) is 5.91 Å². The number of carbonyl (C=O) groups is 2. The summed E-state index contributed by atoms with van der Waals surface area (Å²) >= 11 is 0. The zero-order valence-electron chi connectivity index (χ0n) is 13.7. The van der Waals surface area contributed by atoms with Gasteiger partial charge >= 0.3 is 0 Å². The van der Waals surface area contributed by atoms with Crippen molar-refractivity contribution in [1.82, 2.24) is 4.90 Å². The van der Waals surface area contributed by atoms with Gasteiger partial charge in [-0.1, -0.05) is 12.1 Å². The van der Waals surface area contributed by atoms with Crippen molar-refractivity contribution < 1.29 is 19.1 Å².